The zero-order chi connectivity index (χ0) is 11.1. The summed E-state index contributed by atoms with van der Waals surface area (Å²) in [5.41, 5.74) is 0. The molecule has 0 aromatic carbocycles. The first-order valence-electron chi connectivity index (χ1n) is 4.31. The molecule has 1 unspecified atom stereocenters. The third kappa shape index (κ3) is 18.9. The van der Waals surface area contributed by atoms with E-state index in [4.69, 9.17) is 19.8 Å². The van der Waals surface area contributed by atoms with Crippen LogP contribution in [0.15, 0.2) is 0 Å². The van der Waals surface area contributed by atoms with Gasteiger partial charge >= 0.3 is 29.3 Å². The van der Waals surface area contributed by atoms with Gasteiger partial charge in [-0.2, -0.15) is 0 Å². The fourth-order valence-electron chi connectivity index (χ4n) is 0.752. The minimum atomic E-state index is -3.61. The van der Waals surface area contributed by atoms with Crippen molar-refractivity contribution in [2.75, 3.05) is 19.8 Å². The third-order valence-electron chi connectivity index (χ3n) is 1.34. The molecule has 1 atom stereocenters. The van der Waals surface area contributed by atoms with E-state index in [2.05, 4.69) is 0 Å². The molecule has 0 aromatic rings. The topological polar surface area (TPSA) is 84.2 Å². The van der Waals surface area contributed by atoms with Crippen molar-refractivity contribution in [2.45, 2.75) is 27.0 Å². The molecular formula is C7H22NO4P. The second-order valence-corrected chi connectivity index (χ2v) is 4.77. The van der Waals surface area contributed by atoms with Crippen LogP contribution in [0.2, 0.25) is 0 Å². The normalized spacial score (nSPS) is 14.8. The summed E-state index contributed by atoms with van der Waals surface area (Å²) >= 11 is 0. The Kier molecular flexibility index (Phi) is 9.19. The van der Waals surface area contributed by atoms with Crippen molar-refractivity contribution >= 4 is 7.94 Å². The van der Waals surface area contributed by atoms with Gasteiger partial charge in [-0.3, -0.25) is 4.90 Å². The summed E-state index contributed by atoms with van der Waals surface area (Å²) in [5, 5.41) is 8.94. The van der Waals surface area contributed by atoms with Crippen molar-refractivity contribution in [2.24, 2.45) is 0 Å². The van der Waals surface area contributed by atoms with Crippen molar-refractivity contribution in [1.82, 2.24) is 4.90 Å². The van der Waals surface area contributed by atoms with Crippen molar-refractivity contribution < 1.29 is 19.8 Å². The van der Waals surface area contributed by atoms with Crippen molar-refractivity contribution in [3.8, 4) is 0 Å². The summed E-state index contributed by atoms with van der Waals surface area (Å²) in [4.78, 5) is 25.3. The summed E-state index contributed by atoms with van der Waals surface area (Å²) in [6.45, 7) is 8.70. The van der Waals surface area contributed by atoms with E-state index in [9.17, 15) is 0 Å². The fraction of sp³-hybridized carbons (Fsp3) is 1.00. The summed E-state index contributed by atoms with van der Waals surface area (Å²) in [5.74, 6) is 0. The second kappa shape index (κ2) is 7.62. The van der Waals surface area contributed by atoms with E-state index in [1.165, 1.54) is 0 Å². The van der Waals surface area contributed by atoms with E-state index >= 15 is 0 Å². The molecule has 0 aliphatic carbocycles. The quantitative estimate of drug-likeness (QED) is 0.385. The second-order valence-electron chi connectivity index (χ2n) is 2.82. The number of hydrogen-bond donors (Lipinski definition) is 4. The van der Waals surface area contributed by atoms with Gasteiger partial charge in [0.1, 0.15) is 6.23 Å². The van der Waals surface area contributed by atoms with Gasteiger partial charge < -0.3 is 5.11 Å². The molecule has 0 saturated heterocycles. The predicted molar refractivity (Wildman–Crippen MR) is 55.5 cm³/mol. The molecule has 0 amide bonds. The first-order valence-corrected chi connectivity index (χ1v) is 6.65. The van der Waals surface area contributed by atoms with Crippen LogP contribution in [0.5, 0.6) is 0 Å². The molecule has 0 rings (SSSR count). The molecule has 0 bridgehead atoms. The van der Waals surface area contributed by atoms with Crippen LogP contribution in [0.25, 0.3) is 0 Å². The van der Waals surface area contributed by atoms with Gasteiger partial charge in [-0.05, 0) is 20.0 Å². The molecule has 0 heterocycles. The first kappa shape index (κ1) is 15.7. The van der Waals surface area contributed by atoms with E-state index in [1.807, 2.05) is 18.7 Å². The Balaban J connectivity index is 0. The van der Waals surface area contributed by atoms with Crippen LogP contribution in [0.4, 0.5) is 0 Å². The van der Waals surface area contributed by atoms with Crippen molar-refractivity contribution in [3.63, 3.8) is 0 Å². The van der Waals surface area contributed by atoms with Crippen molar-refractivity contribution in [3.05, 3.63) is 0 Å². The number of aliphatic hydroxyl groups is 1. The summed E-state index contributed by atoms with van der Waals surface area (Å²) < 4.78 is 0. The molecule has 5 nitrogen and oxygen atoms in total. The Bertz CT molecular complexity index is 106. The summed E-state index contributed by atoms with van der Waals surface area (Å²) in [6.07, 6.45) is -0.287. The van der Waals surface area contributed by atoms with Gasteiger partial charge in [0.15, 0.2) is 0 Å². The number of hydrogen-bond acceptors (Lipinski definition) is 5. The van der Waals surface area contributed by atoms with Gasteiger partial charge in [0.2, 0.25) is 0 Å². The van der Waals surface area contributed by atoms with E-state index < -0.39 is 7.94 Å². The first-order chi connectivity index (χ1) is 5.72. The van der Waals surface area contributed by atoms with Gasteiger partial charge in [-0.1, -0.05) is 13.8 Å². The van der Waals surface area contributed by atoms with Crippen LogP contribution >= 0.6 is 7.94 Å². The molecule has 0 spiro atoms. The molecule has 0 radical (unpaired) electrons. The molecule has 0 aliphatic heterocycles. The van der Waals surface area contributed by atoms with Gasteiger partial charge in [0.05, 0.1) is 0 Å². The van der Waals surface area contributed by atoms with Crippen LogP contribution in [0, 0.1) is 0 Å². The summed E-state index contributed by atoms with van der Waals surface area (Å²) in [7, 11) is -3.61. The van der Waals surface area contributed by atoms with Crippen molar-refractivity contribution in [1.29, 1.82) is 0 Å². The van der Waals surface area contributed by atoms with Gasteiger partial charge in [-0.25, -0.2) is 0 Å². The maximum absolute atomic E-state index is 8.94. The molecule has 0 fully saturated rings. The Morgan fingerprint density at radius 2 is 1.38 bits per heavy atom. The Morgan fingerprint density at radius 1 is 1.15 bits per heavy atom. The molecule has 0 saturated carbocycles. The monoisotopic (exact) mass is 215 g/mol. The molecule has 13 heavy (non-hydrogen) atoms. The van der Waals surface area contributed by atoms with E-state index in [0.29, 0.717) is 0 Å². The van der Waals surface area contributed by atoms with Crippen LogP contribution in [0.3, 0.4) is 0 Å². The molecular weight excluding hydrogens is 193 g/mol. The maximum atomic E-state index is 8.94. The van der Waals surface area contributed by atoms with E-state index in [-0.39, 0.29) is 6.23 Å². The number of nitrogens with zero attached hydrogens (tertiary/aromatic N) is 1. The molecule has 84 valence electrons. The Morgan fingerprint density at radius 3 is 1.38 bits per heavy atom. The molecule has 6 heteroatoms. The Labute approximate surface area is 80.2 Å². The SMILES string of the molecule is CCN(CC)C(C)O.C[PH](O)(O)O. The summed E-state index contributed by atoms with van der Waals surface area (Å²) in [6, 6.07) is 0. The molecule has 0 aromatic heterocycles. The predicted octanol–water partition coefficient (Wildman–Crippen LogP) is -0.246. The van der Waals surface area contributed by atoms with E-state index in [1.54, 1.807) is 6.92 Å². The zero-order valence-corrected chi connectivity index (χ0v) is 9.73. The van der Waals surface area contributed by atoms with Gasteiger partial charge in [0, 0.05) is 0 Å². The molecule has 0 aliphatic rings. The standard InChI is InChI=1S/C6H15NO.CH7O3P/c1-4-7(5-2)6(3)8;1-5(2,3)4/h6,8H,4-5H2,1-3H3;2-5H,1H3. The van der Waals surface area contributed by atoms with E-state index in [0.717, 1.165) is 19.8 Å². The average Bonchev–Trinajstić information content (AvgIpc) is 1.85. The Hall–Kier alpha value is 0.230. The van der Waals surface area contributed by atoms with Crippen LogP contribution in [-0.2, 0) is 0 Å². The van der Waals surface area contributed by atoms with Crippen LogP contribution < -0.4 is 0 Å². The zero-order valence-electron chi connectivity index (χ0n) is 8.73. The average molecular weight is 215 g/mol. The molecule has 4 N–H and O–H groups in total. The fourth-order valence-corrected chi connectivity index (χ4v) is 0.752. The van der Waals surface area contributed by atoms with Gasteiger partial charge in [-0.15, -0.1) is 0 Å². The van der Waals surface area contributed by atoms with Gasteiger partial charge in [0.25, 0.3) is 0 Å². The minimum absolute atomic E-state index is 0.287. The number of aliphatic hydroxyl groups excluding tert-OH is 1. The third-order valence-corrected chi connectivity index (χ3v) is 1.34. The number of rotatable bonds is 3. The van der Waals surface area contributed by atoms with Crippen LogP contribution in [0.1, 0.15) is 20.8 Å². The van der Waals surface area contributed by atoms with Crippen LogP contribution in [-0.4, -0.2) is 50.7 Å².